The molecule has 0 bridgehead atoms. The van der Waals surface area contributed by atoms with Gasteiger partial charge >= 0.3 is 0 Å². The minimum atomic E-state index is -0.273. The highest BCUT2D eigenvalue weighted by molar-refractivity contribution is 9.10. The van der Waals surface area contributed by atoms with Gasteiger partial charge in [0.15, 0.2) is 0 Å². The fourth-order valence-corrected chi connectivity index (χ4v) is 2.42. The topological polar surface area (TPSA) is 54.9 Å². The monoisotopic (exact) mass is 361 g/mol. The number of carbonyl (C=O) groups is 1. The summed E-state index contributed by atoms with van der Waals surface area (Å²) < 4.78 is 0.846. The molecule has 0 saturated heterocycles. The van der Waals surface area contributed by atoms with E-state index >= 15 is 0 Å². The number of nitrogens with zero attached hydrogens (tertiary/aromatic N) is 2. The fraction of sp³-hybridized carbons (Fsp3) is 0. The molecule has 0 aliphatic carbocycles. The Morgan fingerprint density at radius 1 is 1.05 bits per heavy atom. The van der Waals surface area contributed by atoms with Gasteiger partial charge in [0, 0.05) is 22.3 Å². The van der Waals surface area contributed by atoms with Crippen LogP contribution in [0.15, 0.2) is 53.3 Å². The molecule has 0 aliphatic rings. The highest BCUT2D eigenvalue weighted by Crippen LogP contribution is 2.24. The lowest BCUT2D eigenvalue weighted by atomic mass is 10.1. The average Bonchev–Trinajstić information content (AvgIpc) is 2.50. The molecular weight excluding hydrogens is 354 g/mol. The number of halogens is 2. The number of anilines is 1. The molecule has 21 heavy (non-hydrogen) atoms. The Labute approximate surface area is 134 Å². The summed E-state index contributed by atoms with van der Waals surface area (Å²) in [5.41, 5.74) is 0.458. The number of hydrogen-bond donors (Lipinski definition) is 1. The zero-order valence-electron chi connectivity index (χ0n) is 10.7. The van der Waals surface area contributed by atoms with Crippen LogP contribution in [0.5, 0.6) is 0 Å². The molecule has 4 nitrogen and oxygen atoms in total. The predicted molar refractivity (Wildman–Crippen MR) is 86.6 cm³/mol. The summed E-state index contributed by atoms with van der Waals surface area (Å²) in [6.07, 6.45) is 3.09. The predicted octanol–water partition coefficient (Wildman–Crippen LogP) is 4.30. The summed E-state index contributed by atoms with van der Waals surface area (Å²) in [5.74, 6) is 0.201. The van der Waals surface area contributed by atoms with Crippen LogP contribution in [0, 0.1) is 0 Å². The standard InChI is InChI=1S/C15H9BrClN3O/c16-9-5-6-13(18-7-9)20-15(21)12-8-19-14(17)11-4-2-1-3-10(11)12/h1-8H,(H,18,20,21). The van der Waals surface area contributed by atoms with Crippen LogP contribution in [0.3, 0.4) is 0 Å². The molecule has 1 N–H and O–H groups in total. The average molecular weight is 363 g/mol. The summed E-state index contributed by atoms with van der Waals surface area (Å²) in [6.45, 7) is 0. The van der Waals surface area contributed by atoms with Gasteiger partial charge in [0.1, 0.15) is 11.0 Å². The molecule has 0 aliphatic heterocycles. The van der Waals surface area contributed by atoms with E-state index in [1.807, 2.05) is 24.3 Å². The van der Waals surface area contributed by atoms with Crippen LogP contribution in [0.25, 0.3) is 10.8 Å². The largest absolute Gasteiger partial charge is 0.306 e. The van der Waals surface area contributed by atoms with Crippen molar-refractivity contribution in [1.82, 2.24) is 9.97 Å². The van der Waals surface area contributed by atoms with Gasteiger partial charge in [0.25, 0.3) is 5.91 Å². The second-order valence-electron chi connectivity index (χ2n) is 4.32. The first-order chi connectivity index (χ1) is 10.1. The van der Waals surface area contributed by atoms with Gasteiger partial charge in [-0.3, -0.25) is 4.79 Å². The third-order valence-electron chi connectivity index (χ3n) is 2.96. The number of benzene rings is 1. The van der Waals surface area contributed by atoms with Crippen molar-refractivity contribution in [3.8, 4) is 0 Å². The Balaban J connectivity index is 1.98. The maximum atomic E-state index is 12.4. The number of rotatable bonds is 2. The van der Waals surface area contributed by atoms with Crippen molar-refractivity contribution in [1.29, 1.82) is 0 Å². The van der Waals surface area contributed by atoms with Gasteiger partial charge in [0.05, 0.1) is 5.56 Å². The van der Waals surface area contributed by atoms with Crippen molar-refractivity contribution in [3.05, 3.63) is 64.0 Å². The van der Waals surface area contributed by atoms with E-state index in [2.05, 4.69) is 31.2 Å². The molecule has 1 aromatic carbocycles. The van der Waals surface area contributed by atoms with Crippen molar-refractivity contribution in [2.24, 2.45) is 0 Å². The molecule has 2 aromatic heterocycles. The molecule has 0 fully saturated rings. The second kappa shape index (κ2) is 5.79. The molecule has 0 unspecified atom stereocenters. The molecule has 3 aromatic rings. The maximum Gasteiger partial charge on any atom is 0.259 e. The Bertz CT molecular complexity index is 821. The summed E-state index contributed by atoms with van der Waals surface area (Å²) in [7, 11) is 0. The fourth-order valence-electron chi connectivity index (χ4n) is 1.97. The quantitative estimate of drug-likeness (QED) is 0.692. The third-order valence-corrected chi connectivity index (χ3v) is 3.73. The molecular formula is C15H9BrClN3O. The Morgan fingerprint density at radius 3 is 2.52 bits per heavy atom. The van der Waals surface area contributed by atoms with Gasteiger partial charge in [0.2, 0.25) is 0 Å². The lowest BCUT2D eigenvalue weighted by Crippen LogP contribution is -2.13. The highest BCUT2D eigenvalue weighted by Gasteiger charge is 2.13. The van der Waals surface area contributed by atoms with Gasteiger partial charge in [-0.2, -0.15) is 0 Å². The Morgan fingerprint density at radius 2 is 1.81 bits per heavy atom. The number of amides is 1. The van der Waals surface area contributed by atoms with Gasteiger partial charge in [-0.25, -0.2) is 9.97 Å². The summed E-state index contributed by atoms with van der Waals surface area (Å²) in [4.78, 5) is 20.6. The molecule has 0 saturated carbocycles. The van der Waals surface area contributed by atoms with Crippen LogP contribution < -0.4 is 5.32 Å². The molecule has 3 rings (SSSR count). The first kappa shape index (κ1) is 14.0. The molecule has 2 heterocycles. The van der Waals surface area contributed by atoms with Crippen molar-refractivity contribution in [2.45, 2.75) is 0 Å². The minimum absolute atomic E-state index is 0.273. The van der Waals surface area contributed by atoms with E-state index in [0.29, 0.717) is 16.5 Å². The number of hydrogen-bond acceptors (Lipinski definition) is 3. The molecule has 6 heteroatoms. The van der Waals surface area contributed by atoms with Crippen molar-refractivity contribution >= 4 is 50.0 Å². The maximum absolute atomic E-state index is 12.4. The number of aromatic nitrogens is 2. The number of nitrogens with one attached hydrogen (secondary N) is 1. The van der Waals surface area contributed by atoms with Crippen molar-refractivity contribution in [3.63, 3.8) is 0 Å². The first-order valence-corrected chi connectivity index (χ1v) is 7.28. The van der Waals surface area contributed by atoms with Crippen LogP contribution in [-0.4, -0.2) is 15.9 Å². The minimum Gasteiger partial charge on any atom is -0.306 e. The second-order valence-corrected chi connectivity index (χ2v) is 5.60. The number of pyridine rings is 2. The van der Waals surface area contributed by atoms with Gasteiger partial charge in [-0.1, -0.05) is 35.9 Å². The van der Waals surface area contributed by atoms with Crippen LogP contribution in [0.2, 0.25) is 5.15 Å². The van der Waals surface area contributed by atoms with Gasteiger partial charge in [-0.15, -0.1) is 0 Å². The van der Waals surface area contributed by atoms with E-state index in [1.54, 1.807) is 18.3 Å². The lowest BCUT2D eigenvalue weighted by molar-refractivity contribution is 0.102. The molecule has 1 amide bonds. The van der Waals surface area contributed by atoms with Crippen molar-refractivity contribution < 1.29 is 4.79 Å². The Hall–Kier alpha value is -1.98. The summed E-state index contributed by atoms with van der Waals surface area (Å²) >= 11 is 9.35. The van der Waals surface area contributed by atoms with E-state index in [1.165, 1.54) is 6.20 Å². The van der Waals surface area contributed by atoms with Gasteiger partial charge in [-0.05, 0) is 33.4 Å². The smallest absolute Gasteiger partial charge is 0.259 e. The van der Waals surface area contributed by atoms with E-state index in [9.17, 15) is 4.79 Å². The van der Waals surface area contributed by atoms with Crippen LogP contribution in [-0.2, 0) is 0 Å². The zero-order chi connectivity index (χ0) is 14.8. The zero-order valence-corrected chi connectivity index (χ0v) is 13.0. The molecule has 0 atom stereocenters. The van der Waals surface area contributed by atoms with Crippen molar-refractivity contribution in [2.75, 3.05) is 5.32 Å². The van der Waals surface area contributed by atoms with E-state index in [4.69, 9.17) is 11.6 Å². The van der Waals surface area contributed by atoms with Crippen LogP contribution >= 0.6 is 27.5 Å². The van der Waals surface area contributed by atoms with Gasteiger partial charge < -0.3 is 5.32 Å². The van der Waals surface area contributed by atoms with E-state index in [0.717, 1.165) is 15.2 Å². The Kier molecular flexibility index (Phi) is 3.86. The number of fused-ring (bicyclic) bond motifs is 1. The summed E-state index contributed by atoms with van der Waals surface area (Å²) in [5, 5.41) is 4.62. The highest BCUT2D eigenvalue weighted by atomic mass is 79.9. The van der Waals surface area contributed by atoms with E-state index < -0.39 is 0 Å². The molecule has 0 radical (unpaired) electrons. The first-order valence-electron chi connectivity index (χ1n) is 6.11. The molecule has 0 spiro atoms. The third kappa shape index (κ3) is 2.89. The van der Waals surface area contributed by atoms with Crippen LogP contribution in [0.1, 0.15) is 10.4 Å². The van der Waals surface area contributed by atoms with Crippen LogP contribution in [0.4, 0.5) is 5.82 Å². The molecule has 104 valence electrons. The normalized spacial score (nSPS) is 10.6. The van der Waals surface area contributed by atoms with E-state index in [-0.39, 0.29) is 5.91 Å². The number of carbonyl (C=O) groups excluding carboxylic acids is 1. The lowest BCUT2D eigenvalue weighted by Gasteiger charge is -2.08. The summed E-state index contributed by atoms with van der Waals surface area (Å²) in [6, 6.07) is 10.9. The SMILES string of the molecule is O=C(Nc1ccc(Br)cn1)c1cnc(Cl)c2ccccc12.